The molecule has 0 saturated heterocycles. The first-order chi connectivity index (χ1) is 13.8. The zero-order chi connectivity index (χ0) is 21.4. The van der Waals surface area contributed by atoms with E-state index in [-0.39, 0.29) is 12.3 Å². The lowest BCUT2D eigenvalue weighted by Crippen LogP contribution is -2.42. The average Bonchev–Trinajstić information content (AvgIpc) is 2.65. The molecule has 0 radical (unpaired) electrons. The van der Waals surface area contributed by atoms with E-state index in [2.05, 4.69) is 12.2 Å². The van der Waals surface area contributed by atoms with Crippen LogP contribution in [0, 0.1) is 20.8 Å². The molecule has 2 N–H and O–H groups in total. The molecule has 0 aromatic heterocycles. The lowest BCUT2D eigenvalue weighted by Gasteiger charge is -2.17. The van der Waals surface area contributed by atoms with Crippen molar-refractivity contribution >= 4 is 11.9 Å². The second-order valence-electron chi connectivity index (χ2n) is 7.54. The van der Waals surface area contributed by atoms with Gasteiger partial charge in [-0.25, -0.2) is 4.79 Å². The van der Waals surface area contributed by atoms with Gasteiger partial charge in [-0.2, -0.15) is 0 Å². The number of carbonyl (C=O) groups is 2. The van der Waals surface area contributed by atoms with Crippen molar-refractivity contribution in [3.05, 3.63) is 64.2 Å². The van der Waals surface area contributed by atoms with Crippen LogP contribution in [0.15, 0.2) is 36.4 Å². The molecule has 0 aliphatic rings. The summed E-state index contributed by atoms with van der Waals surface area (Å²) in [6, 6.07) is 10.2. The Morgan fingerprint density at radius 1 is 1.03 bits per heavy atom. The molecule has 0 saturated carbocycles. The van der Waals surface area contributed by atoms with Crippen LogP contribution in [0.3, 0.4) is 0 Å². The van der Waals surface area contributed by atoms with Crippen molar-refractivity contribution in [2.75, 3.05) is 6.61 Å². The molecular weight excluding hydrogens is 366 g/mol. The Bertz CT molecular complexity index is 819. The largest absolute Gasteiger partial charge is 0.494 e. The van der Waals surface area contributed by atoms with Crippen LogP contribution in [-0.2, 0) is 11.2 Å². The van der Waals surface area contributed by atoms with Crippen molar-refractivity contribution in [3.63, 3.8) is 0 Å². The number of benzene rings is 2. The highest BCUT2D eigenvalue weighted by Crippen LogP contribution is 2.18. The fraction of sp³-hybridized carbons (Fsp3) is 0.417. The maximum absolute atomic E-state index is 12.7. The second kappa shape index (κ2) is 10.6. The van der Waals surface area contributed by atoms with Gasteiger partial charge in [0.05, 0.1) is 6.61 Å². The molecule has 0 spiro atoms. The van der Waals surface area contributed by atoms with E-state index < -0.39 is 12.0 Å². The van der Waals surface area contributed by atoms with E-state index >= 15 is 0 Å². The predicted octanol–water partition coefficient (Wildman–Crippen LogP) is 4.61. The number of hydrogen-bond acceptors (Lipinski definition) is 3. The molecule has 2 rings (SSSR count). The minimum Gasteiger partial charge on any atom is -0.494 e. The van der Waals surface area contributed by atoms with Gasteiger partial charge in [-0.3, -0.25) is 4.79 Å². The van der Waals surface area contributed by atoms with Gasteiger partial charge in [0.2, 0.25) is 0 Å². The number of ether oxygens (including phenoxy) is 1. The van der Waals surface area contributed by atoms with Crippen LogP contribution in [0.4, 0.5) is 0 Å². The summed E-state index contributed by atoms with van der Waals surface area (Å²) in [6.07, 6.45) is 3.51. The minimum absolute atomic E-state index is 0.209. The lowest BCUT2D eigenvalue weighted by molar-refractivity contribution is -0.139. The molecule has 156 valence electrons. The number of carboxylic acid groups (broad SMARTS) is 1. The Kier molecular flexibility index (Phi) is 8.25. The fourth-order valence-corrected chi connectivity index (χ4v) is 3.47. The van der Waals surface area contributed by atoms with Crippen molar-refractivity contribution in [2.45, 2.75) is 59.4 Å². The van der Waals surface area contributed by atoms with Gasteiger partial charge in [0, 0.05) is 12.0 Å². The number of hydrogen-bond donors (Lipinski definition) is 2. The zero-order valence-corrected chi connectivity index (χ0v) is 17.7. The Morgan fingerprint density at radius 3 is 2.21 bits per heavy atom. The van der Waals surface area contributed by atoms with Crippen LogP contribution in [0.25, 0.3) is 0 Å². The third-order valence-electron chi connectivity index (χ3n) is 4.89. The SMILES string of the molecule is CCCCCOc1ccc(C[C@H](NC(=O)c2c(C)cc(C)cc2C)C(=O)O)cc1. The number of aliphatic carboxylic acids is 1. The van der Waals surface area contributed by atoms with Crippen LogP contribution in [0.2, 0.25) is 0 Å². The maximum Gasteiger partial charge on any atom is 0.326 e. The molecule has 0 bridgehead atoms. The first kappa shape index (κ1) is 22.5. The molecule has 2 aromatic carbocycles. The van der Waals surface area contributed by atoms with Crippen LogP contribution in [0.5, 0.6) is 5.75 Å². The number of carboxylic acids is 1. The highest BCUT2D eigenvalue weighted by molar-refractivity contribution is 5.99. The van der Waals surface area contributed by atoms with Crippen LogP contribution in [0.1, 0.15) is 58.8 Å². The first-order valence-electron chi connectivity index (χ1n) is 10.1. The topological polar surface area (TPSA) is 75.6 Å². The highest BCUT2D eigenvalue weighted by Gasteiger charge is 2.23. The summed E-state index contributed by atoms with van der Waals surface area (Å²) in [5.74, 6) is -0.643. The van der Waals surface area contributed by atoms with Gasteiger partial charge in [0.25, 0.3) is 5.91 Å². The van der Waals surface area contributed by atoms with Crippen LogP contribution in [-0.4, -0.2) is 29.6 Å². The van der Waals surface area contributed by atoms with Gasteiger partial charge in [0.15, 0.2) is 0 Å². The summed E-state index contributed by atoms with van der Waals surface area (Å²) < 4.78 is 5.69. The van der Waals surface area contributed by atoms with Crippen LogP contribution < -0.4 is 10.1 Å². The summed E-state index contributed by atoms with van der Waals surface area (Å²) in [5, 5.41) is 12.3. The molecule has 0 fully saturated rings. The monoisotopic (exact) mass is 397 g/mol. The number of unbranched alkanes of at least 4 members (excludes halogenated alkanes) is 2. The second-order valence-corrected chi connectivity index (χ2v) is 7.54. The van der Waals surface area contributed by atoms with Gasteiger partial charge in [-0.15, -0.1) is 0 Å². The van der Waals surface area contributed by atoms with E-state index in [1.807, 2.05) is 57.2 Å². The Labute approximate surface area is 173 Å². The van der Waals surface area contributed by atoms with Gasteiger partial charge < -0.3 is 15.2 Å². The van der Waals surface area contributed by atoms with Crippen molar-refractivity contribution in [2.24, 2.45) is 0 Å². The van der Waals surface area contributed by atoms with Crippen LogP contribution >= 0.6 is 0 Å². The molecule has 0 aliphatic carbocycles. The highest BCUT2D eigenvalue weighted by atomic mass is 16.5. The van der Waals surface area contributed by atoms with Gasteiger partial charge >= 0.3 is 5.97 Å². The predicted molar refractivity (Wildman–Crippen MR) is 115 cm³/mol. The number of amides is 1. The normalized spacial score (nSPS) is 11.7. The fourth-order valence-electron chi connectivity index (χ4n) is 3.47. The molecule has 0 heterocycles. The van der Waals surface area contributed by atoms with E-state index in [0.29, 0.717) is 12.2 Å². The van der Waals surface area contributed by atoms with E-state index in [1.165, 1.54) is 0 Å². The smallest absolute Gasteiger partial charge is 0.326 e. The molecule has 5 heteroatoms. The van der Waals surface area contributed by atoms with Gasteiger partial charge in [-0.05, 0) is 56.0 Å². The summed E-state index contributed by atoms with van der Waals surface area (Å²) >= 11 is 0. The first-order valence-corrected chi connectivity index (χ1v) is 10.1. The van der Waals surface area contributed by atoms with E-state index in [0.717, 1.165) is 47.3 Å². The standard InChI is InChI=1S/C24H31NO4/c1-5-6-7-12-29-20-10-8-19(9-11-20)15-21(24(27)28)25-23(26)22-17(3)13-16(2)14-18(22)4/h8-11,13-14,21H,5-7,12,15H2,1-4H3,(H,25,26)(H,27,28)/t21-/m0/s1. The van der Waals surface area contributed by atoms with E-state index in [4.69, 9.17) is 4.74 Å². The van der Waals surface area contributed by atoms with Crippen molar-refractivity contribution < 1.29 is 19.4 Å². The molecule has 2 aromatic rings. The van der Waals surface area contributed by atoms with Crippen molar-refractivity contribution in [1.82, 2.24) is 5.32 Å². The third-order valence-corrected chi connectivity index (χ3v) is 4.89. The summed E-state index contributed by atoms with van der Waals surface area (Å²) in [7, 11) is 0. The summed E-state index contributed by atoms with van der Waals surface area (Å²) in [5.41, 5.74) is 4.12. The Balaban J connectivity index is 2.03. The van der Waals surface area contributed by atoms with E-state index in [1.54, 1.807) is 0 Å². The molecule has 5 nitrogen and oxygen atoms in total. The van der Waals surface area contributed by atoms with Gasteiger partial charge in [-0.1, -0.05) is 49.6 Å². The zero-order valence-electron chi connectivity index (χ0n) is 17.7. The number of carbonyl (C=O) groups excluding carboxylic acids is 1. The summed E-state index contributed by atoms with van der Waals surface area (Å²) in [6.45, 7) is 8.52. The quantitative estimate of drug-likeness (QED) is 0.574. The summed E-state index contributed by atoms with van der Waals surface area (Å²) in [4.78, 5) is 24.5. The van der Waals surface area contributed by atoms with Crippen molar-refractivity contribution in [3.8, 4) is 5.75 Å². The molecular formula is C24H31NO4. The molecule has 0 aliphatic heterocycles. The number of rotatable bonds is 10. The molecule has 0 unspecified atom stereocenters. The number of nitrogens with one attached hydrogen (secondary N) is 1. The van der Waals surface area contributed by atoms with E-state index in [9.17, 15) is 14.7 Å². The average molecular weight is 398 g/mol. The minimum atomic E-state index is -1.05. The number of aryl methyl sites for hydroxylation is 3. The molecule has 29 heavy (non-hydrogen) atoms. The Hall–Kier alpha value is -2.82. The lowest BCUT2D eigenvalue weighted by atomic mass is 9.98. The molecule has 1 amide bonds. The Morgan fingerprint density at radius 2 is 1.66 bits per heavy atom. The third kappa shape index (κ3) is 6.63. The maximum atomic E-state index is 12.7. The van der Waals surface area contributed by atoms with Gasteiger partial charge in [0.1, 0.15) is 11.8 Å². The molecule has 1 atom stereocenters. The van der Waals surface area contributed by atoms with Crippen molar-refractivity contribution in [1.29, 1.82) is 0 Å².